The number of hydrogen-bond acceptors (Lipinski definition) is 4. The molecule has 3 N–H and O–H groups in total. The predicted octanol–water partition coefficient (Wildman–Crippen LogP) is 0.427. The summed E-state index contributed by atoms with van der Waals surface area (Å²) < 4.78 is 10.7. The van der Waals surface area contributed by atoms with E-state index in [2.05, 4.69) is 5.32 Å². The fraction of sp³-hybridized carbons (Fsp3) is 0.917. The van der Waals surface area contributed by atoms with Crippen LogP contribution in [0.2, 0.25) is 0 Å². The third-order valence-electron chi connectivity index (χ3n) is 2.80. The van der Waals surface area contributed by atoms with E-state index in [0.717, 1.165) is 25.9 Å². The first-order valence-electron chi connectivity index (χ1n) is 6.49. The first-order chi connectivity index (χ1) is 8.33. The van der Waals surface area contributed by atoms with Crippen LogP contribution in [0.4, 0.5) is 0 Å². The van der Waals surface area contributed by atoms with Crippen LogP contribution in [0.15, 0.2) is 0 Å². The molecule has 0 bridgehead atoms. The molecule has 1 unspecified atom stereocenters. The number of carbonyl (C=O) groups excluding carboxylic acids is 1. The number of rotatable bonds is 8. The maximum absolute atomic E-state index is 11.5. The minimum absolute atomic E-state index is 0.0792. The van der Waals surface area contributed by atoms with Crippen molar-refractivity contribution in [2.24, 2.45) is 5.73 Å². The smallest absolute Gasteiger partial charge is 0.220 e. The Balaban J connectivity index is 1.93. The molecule has 1 amide bonds. The molecule has 0 aromatic carbocycles. The van der Waals surface area contributed by atoms with E-state index < -0.39 is 0 Å². The standard InChI is InChI=1S/C12H24N2O3/c13-6-9-16-10-7-14-12(15)5-4-11-3-1-2-8-17-11/h11H,1-10,13H2,(H,14,15). The van der Waals surface area contributed by atoms with Gasteiger partial charge in [0.25, 0.3) is 0 Å². The molecule has 100 valence electrons. The first kappa shape index (κ1) is 14.4. The van der Waals surface area contributed by atoms with Gasteiger partial charge in [-0.3, -0.25) is 4.79 Å². The Morgan fingerprint density at radius 3 is 3.00 bits per heavy atom. The first-order valence-corrected chi connectivity index (χ1v) is 6.49. The van der Waals surface area contributed by atoms with Crippen molar-refractivity contribution in [2.75, 3.05) is 32.9 Å². The van der Waals surface area contributed by atoms with Crippen LogP contribution in [0.5, 0.6) is 0 Å². The molecule has 17 heavy (non-hydrogen) atoms. The van der Waals surface area contributed by atoms with E-state index in [9.17, 15) is 4.79 Å². The van der Waals surface area contributed by atoms with Crippen LogP contribution in [0.1, 0.15) is 32.1 Å². The fourth-order valence-electron chi connectivity index (χ4n) is 1.86. The van der Waals surface area contributed by atoms with Crippen LogP contribution in [-0.2, 0) is 14.3 Å². The van der Waals surface area contributed by atoms with Gasteiger partial charge in [-0.2, -0.15) is 0 Å². The minimum Gasteiger partial charge on any atom is -0.378 e. The largest absolute Gasteiger partial charge is 0.378 e. The van der Waals surface area contributed by atoms with E-state index in [1.165, 1.54) is 6.42 Å². The molecule has 1 rings (SSSR count). The van der Waals surface area contributed by atoms with Crippen LogP contribution in [0.3, 0.4) is 0 Å². The number of amides is 1. The minimum atomic E-state index is 0.0792. The highest BCUT2D eigenvalue weighted by Gasteiger charge is 2.14. The van der Waals surface area contributed by atoms with Crippen molar-refractivity contribution < 1.29 is 14.3 Å². The molecule has 0 saturated carbocycles. The quantitative estimate of drug-likeness (QED) is 0.607. The van der Waals surface area contributed by atoms with E-state index in [1.807, 2.05) is 0 Å². The topological polar surface area (TPSA) is 73.6 Å². The summed E-state index contributed by atoms with van der Waals surface area (Å²) in [4.78, 5) is 11.5. The highest BCUT2D eigenvalue weighted by Crippen LogP contribution is 2.16. The fourth-order valence-corrected chi connectivity index (χ4v) is 1.86. The summed E-state index contributed by atoms with van der Waals surface area (Å²) in [7, 11) is 0. The van der Waals surface area contributed by atoms with Gasteiger partial charge in [-0.25, -0.2) is 0 Å². The number of carbonyl (C=O) groups is 1. The van der Waals surface area contributed by atoms with Crippen molar-refractivity contribution in [1.82, 2.24) is 5.32 Å². The summed E-state index contributed by atoms with van der Waals surface area (Å²) in [5, 5.41) is 2.82. The summed E-state index contributed by atoms with van der Waals surface area (Å²) >= 11 is 0. The number of hydrogen-bond donors (Lipinski definition) is 2. The molecule has 0 aromatic heterocycles. The van der Waals surface area contributed by atoms with E-state index >= 15 is 0 Å². The van der Waals surface area contributed by atoms with Crippen molar-refractivity contribution in [1.29, 1.82) is 0 Å². The Kier molecular flexibility index (Phi) is 7.96. The van der Waals surface area contributed by atoms with Crippen molar-refractivity contribution in [3.63, 3.8) is 0 Å². The third kappa shape index (κ3) is 7.31. The second-order valence-electron chi connectivity index (χ2n) is 4.28. The number of ether oxygens (including phenoxy) is 2. The molecule has 0 aliphatic carbocycles. The normalized spacial score (nSPS) is 20.2. The Labute approximate surface area is 103 Å². The van der Waals surface area contributed by atoms with Gasteiger partial charge in [-0.05, 0) is 25.7 Å². The van der Waals surface area contributed by atoms with Gasteiger partial charge in [0.05, 0.1) is 19.3 Å². The molecule has 0 spiro atoms. The lowest BCUT2D eigenvalue weighted by atomic mass is 10.0. The Morgan fingerprint density at radius 2 is 2.29 bits per heavy atom. The summed E-state index contributed by atoms with van der Waals surface area (Å²) in [5.74, 6) is 0.0792. The number of nitrogens with two attached hydrogens (primary N) is 1. The zero-order valence-corrected chi connectivity index (χ0v) is 10.5. The highest BCUT2D eigenvalue weighted by molar-refractivity contribution is 5.75. The maximum atomic E-state index is 11.5. The van der Waals surface area contributed by atoms with Crippen molar-refractivity contribution in [3.05, 3.63) is 0 Å². The lowest BCUT2D eigenvalue weighted by molar-refractivity contribution is -0.122. The second kappa shape index (κ2) is 9.39. The number of nitrogens with one attached hydrogen (secondary N) is 1. The van der Waals surface area contributed by atoms with E-state index in [1.54, 1.807) is 0 Å². The molecular weight excluding hydrogens is 220 g/mol. The van der Waals surface area contributed by atoms with Gasteiger partial charge in [0, 0.05) is 26.1 Å². The molecule has 5 nitrogen and oxygen atoms in total. The van der Waals surface area contributed by atoms with Gasteiger partial charge in [0.2, 0.25) is 5.91 Å². The SMILES string of the molecule is NCCOCCNC(=O)CCC1CCCCO1. The predicted molar refractivity (Wildman–Crippen MR) is 65.7 cm³/mol. The zero-order valence-electron chi connectivity index (χ0n) is 10.5. The van der Waals surface area contributed by atoms with Crippen LogP contribution < -0.4 is 11.1 Å². The molecule has 1 atom stereocenters. The summed E-state index contributed by atoms with van der Waals surface area (Å²) in [6, 6.07) is 0. The summed E-state index contributed by atoms with van der Waals surface area (Å²) in [5.41, 5.74) is 5.27. The Morgan fingerprint density at radius 1 is 1.41 bits per heavy atom. The van der Waals surface area contributed by atoms with Crippen LogP contribution in [0, 0.1) is 0 Å². The van der Waals surface area contributed by atoms with Gasteiger partial charge in [-0.1, -0.05) is 0 Å². The molecule has 1 aliphatic rings. The van der Waals surface area contributed by atoms with E-state index in [-0.39, 0.29) is 12.0 Å². The molecule has 1 aliphatic heterocycles. The third-order valence-corrected chi connectivity index (χ3v) is 2.80. The average molecular weight is 244 g/mol. The molecular formula is C12H24N2O3. The average Bonchev–Trinajstić information content (AvgIpc) is 2.37. The molecule has 0 aromatic rings. The van der Waals surface area contributed by atoms with Crippen LogP contribution in [-0.4, -0.2) is 44.9 Å². The van der Waals surface area contributed by atoms with E-state index in [4.69, 9.17) is 15.2 Å². The van der Waals surface area contributed by atoms with E-state index in [0.29, 0.717) is 32.7 Å². The maximum Gasteiger partial charge on any atom is 0.220 e. The van der Waals surface area contributed by atoms with Crippen molar-refractivity contribution >= 4 is 5.91 Å². The Bertz CT molecular complexity index is 206. The zero-order chi connectivity index (χ0) is 12.3. The monoisotopic (exact) mass is 244 g/mol. The highest BCUT2D eigenvalue weighted by atomic mass is 16.5. The van der Waals surface area contributed by atoms with Gasteiger partial charge in [0.1, 0.15) is 0 Å². The van der Waals surface area contributed by atoms with Gasteiger partial charge in [0.15, 0.2) is 0 Å². The Hall–Kier alpha value is -0.650. The molecule has 1 fully saturated rings. The van der Waals surface area contributed by atoms with Crippen molar-refractivity contribution in [3.8, 4) is 0 Å². The molecule has 5 heteroatoms. The summed E-state index contributed by atoms with van der Waals surface area (Å²) in [6.45, 7) is 3.01. The van der Waals surface area contributed by atoms with Gasteiger partial charge < -0.3 is 20.5 Å². The van der Waals surface area contributed by atoms with Crippen molar-refractivity contribution in [2.45, 2.75) is 38.2 Å². The van der Waals surface area contributed by atoms with Crippen LogP contribution >= 0.6 is 0 Å². The molecule has 1 heterocycles. The second-order valence-corrected chi connectivity index (χ2v) is 4.28. The van der Waals surface area contributed by atoms with Gasteiger partial charge >= 0.3 is 0 Å². The lowest BCUT2D eigenvalue weighted by Crippen LogP contribution is -2.29. The van der Waals surface area contributed by atoms with Crippen LogP contribution in [0.25, 0.3) is 0 Å². The lowest BCUT2D eigenvalue weighted by Gasteiger charge is -2.22. The molecule has 0 radical (unpaired) electrons. The summed E-state index contributed by atoms with van der Waals surface area (Å²) in [6.07, 6.45) is 5.12. The molecule has 1 saturated heterocycles. The van der Waals surface area contributed by atoms with Gasteiger partial charge in [-0.15, -0.1) is 0 Å².